The van der Waals surface area contributed by atoms with Crippen molar-refractivity contribution in [2.45, 2.75) is 11.7 Å². The van der Waals surface area contributed by atoms with Crippen LogP contribution in [0.4, 0.5) is 21.7 Å². The zero-order valence-electron chi connectivity index (χ0n) is 5.87. The lowest BCUT2D eigenvalue weighted by atomic mass is 9.77. The largest absolute Gasteiger partial charge is 0.488 e. The van der Waals surface area contributed by atoms with Crippen molar-refractivity contribution >= 4 is 6.98 Å². The van der Waals surface area contributed by atoms with Gasteiger partial charge in [-0.25, -0.2) is 8.78 Å². The van der Waals surface area contributed by atoms with Gasteiger partial charge in [-0.1, -0.05) is 0 Å². The monoisotopic (exact) mass is 187 g/mol. The van der Waals surface area contributed by atoms with Crippen LogP contribution in [0.15, 0.2) is 0 Å². The lowest BCUT2D eigenvalue weighted by Gasteiger charge is -2.29. The molecule has 1 heterocycles. The van der Waals surface area contributed by atoms with Crippen molar-refractivity contribution in [1.29, 1.82) is 0 Å². The zero-order valence-corrected chi connectivity index (χ0v) is 5.87. The number of ether oxygens (including phenoxy) is 1. The van der Waals surface area contributed by atoms with E-state index in [2.05, 4.69) is 4.74 Å². The molecule has 0 bridgehead atoms. The molecule has 1 spiro atoms. The highest BCUT2D eigenvalue weighted by Gasteiger charge is 2.86. The van der Waals surface area contributed by atoms with Gasteiger partial charge < -0.3 is 17.7 Å². The maximum atomic E-state index is 12.6. The van der Waals surface area contributed by atoms with Crippen LogP contribution in [0.5, 0.6) is 0 Å². The van der Waals surface area contributed by atoms with Gasteiger partial charge in [0, 0.05) is 5.82 Å². The van der Waals surface area contributed by atoms with Crippen LogP contribution >= 0.6 is 0 Å². The Labute approximate surface area is 64.9 Å². The fraction of sp³-hybridized carbons (Fsp3) is 1.00. The highest BCUT2D eigenvalue weighted by Crippen LogP contribution is 2.77. The highest BCUT2D eigenvalue weighted by molar-refractivity contribution is 6.62. The molecule has 1 aliphatic heterocycles. The smallest absolute Gasteiger partial charge is 0.449 e. The molecule has 1 saturated carbocycles. The molecular formula is C5H5BF5O-. The molecule has 0 N–H and O–H groups in total. The number of hydrogen-bond donors (Lipinski definition) is 0. The summed E-state index contributed by atoms with van der Waals surface area (Å²) in [6, 6.07) is 0. The molecular weight excluding hydrogens is 182 g/mol. The summed E-state index contributed by atoms with van der Waals surface area (Å²) in [5.74, 6) is -6.00. The molecule has 1 atom stereocenters. The quantitative estimate of drug-likeness (QED) is 0.449. The molecule has 2 fully saturated rings. The third kappa shape index (κ3) is 0.682. The van der Waals surface area contributed by atoms with Crippen molar-refractivity contribution in [2.75, 3.05) is 13.2 Å². The molecule has 70 valence electrons. The van der Waals surface area contributed by atoms with E-state index < -0.39 is 37.3 Å². The first-order valence-corrected chi connectivity index (χ1v) is 3.48. The van der Waals surface area contributed by atoms with Gasteiger partial charge in [0.15, 0.2) is 0 Å². The van der Waals surface area contributed by atoms with Crippen LogP contribution in [0.1, 0.15) is 0 Å². The Hall–Kier alpha value is -0.325. The van der Waals surface area contributed by atoms with E-state index in [1.165, 1.54) is 0 Å². The second-order valence-corrected chi connectivity index (χ2v) is 3.37. The second-order valence-electron chi connectivity index (χ2n) is 3.37. The average Bonchev–Trinajstić information content (AvgIpc) is 2.23. The Bertz CT molecular complexity index is 220. The Morgan fingerprint density at radius 3 is 1.75 bits per heavy atom. The van der Waals surface area contributed by atoms with E-state index >= 15 is 0 Å². The van der Waals surface area contributed by atoms with Gasteiger partial charge in [0.2, 0.25) is 5.92 Å². The molecule has 1 aliphatic carbocycles. The first-order chi connectivity index (χ1) is 5.32. The summed E-state index contributed by atoms with van der Waals surface area (Å²) >= 11 is 0. The van der Waals surface area contributed by atoms with Crippen LogP contribution in [0.25, 0.3) is 0 Å². The van der Waals surface area contributed by atoms with Crippen LogP contribution in [-0.2, 0) is 4.74 Å². The highest BCUT2D eigenvalue weighted by atomic mass is 19.4. The number of hydrogen-bond acceptors (Lipinski definition) is 1. The van der Waals surface area contributed by atoms with Crippen molar-refractivity contribution in [3.8, 4) is 0 Å². The first-order valence-electron chi connectivity index (χ1n) is 3.48. The summed E-state index contributed by atoms with van der Waals surface area (Å²) in [4.78, 5) is 0. The van der Waals surface area contributed by atoms with E-state index in [1.54, 1.807) is 0 Å². The first kappa shape index (κ1) is 8.28. The third-order valence-corrected chi connectivity index (χ3v) is 2.66. The molecule has 7 heteroatoms. The average molecular weight is 187 g/mol. The molecule has 0 aromatic heterocycles. The van der Waals surface area contributed by atoms with Crippen molar-refractivity contribution in [3.63, 3.8) is 0 Å². The summed E-state index contributed by atoms with van der Waals surface area (Å²) in [6.07, 6.45) is 0. The Kier molecular flexibility index (Phi) is 1.23. The van der Waals surface area contributed by atoms with Crippen LogP contribution in [0, 0.1) is 5.41 Å². The second kappa shape index (κ2) is 1.78. The van der Waals surface area contributed by atoms with Crippen LogP contribution in [0.2, 0.25) is 5.82 Å². The minimum absolute atomic E-state index is 0.452. The number of halogens is 5. The van der Waals surface area contributed by atoms with Crippen LogP contribution in [0.3, 0.4) is 0 Å². The molecule has 0 amide bonds. The lowest BCUT2D eigenvalue weighted by Crippen LogP contribution is -2.36. The Morgan fingerprint density at radius 2 is 1.67 bits per heavy atom. The fourth-order valence-electron chi connectivity index (χ4n) is 1.83. The normalized spacial score (nSPS) is 36.2. The molecule has 2 rings (SSSR count). The van der Waals surface area contributed by atoms with Crippen molar-refractivity contribution < 1.29 is 26.5 Å². The van der Waals surface area contributed by atoms with E-state index in [1.807, 2.05) is 0 Å². The van der Waals surface area contributed by atoms with E-state index in [0.29, 0.717) is 0 Å². The molecule has 1 nitrogen and oxygen atoms in total. The molecule has 0 aromatic carbocycles. The molecule has 0 aromatic rings. The van der Waals surface area contributed by atoms with Crippen LogP contribution < -0.4 is 0 Å². The predicted molar refractivity (Wildman–Crippen MR) is 31.0 cm³/mol. The predicted octanol–water partition coefficient (Wildman–Crippen LogP) is 1.87. The van der Waals surface area contributed by atoms with Crippen molar-refractivity contribution in [3.05, 3.63) is 0 Å². The van der Waals surface area contributed by atoms with Gasteiger partial charge in [0.1, 0.15) is 0 Å². The van der Waals surface area contributed by atoms with E-state index in [4.69, 9.17) is 0 Å². The molecule has 1 saturated heterocycles. The van der Waals surface area contributed by atoms with E-state index in [9.17, 15) is 21.7 Å². The topological polar surface area (TPSA) is 9.23 Å². The summed E-state index contributed by atoms with van der Waals surface area (Å²) in [7, 11) is 0. The van der Waals surface area contributed by atoms with Gasteiger partial charge in [-0.3, -0.25) is 0 Å². The van der Waals surface area contributed by atoms with E-state index in [0.717, 1.165) is 0 Å². The van der Waals surface area contributed by atoms with Gasteiger partial charge >= 0.3 is 6.98 Å². The molecule has 2 aliphatic rings. The molecule has 1 unspecified atom stereocenters. The fourth-order valence-corrected chi connectivity index (χ4v) is 1.83. The third-order valence-electron chi connectivity index (χ3n) is 2.66. The van der Waals surface area contributed by atoms with Gasteiger partial charge in [-0.15, -0.1) is 0 Å². The zero-order chi connectivity index (χ0) is 9.20. The van der Waals surface area contributed by atoms with Crippen molar-refractivity contribution in [2.24, 2.45) is 5.41 Å². The molecule has 12 heavy (non-hydrogen) atoms. The maximum absolute atomic E-state index is 12.6. The van der Waals surface area contributed by atoms with Gasteiger partial charge in [0.05, 0.1) is 18.6 Å². The summed E-state index contributed by atoms with van der Waals surface area (Å²) in [5, 5.41) is 0. The van der Waals surface area contributed by atoms with Gasteiger partial charge in [-0.2, -0.15) is 0 Å². The minimum atomic E-state index is -5.43. The SMILES string of the molecule is F[B-](F)(F)C1C(F)(F)C12COC2. The summed E-state index contributed by atoms with van der Waals surface area (Å²) < 4.78 is 65.5. The molecule has 0 radical (unpaired) electrons. The summed E-state index contributed by atoms with van der Waals surface area (Å²) in [5.41, 5.74) is -1.88. The minimum Gasteiger partial charge on any atom is -0.449 e. The number of alkyl halides is 2. The maximum Gasteiger partial charge on any atom is 0.488 e. The Balaban J connectivity index is 2.21. The van der Waals surface area contributed by atoms with Gasteiger partial charge in [-0.05, 0) is 0 Å². The lowest BCUT2D eigenvalue weighted by molar-refractivity contribution is -0.107. The van der Waals surface area contributed by atoms with E-state index in [-0.39, 0.29) is 0 Å². The Morgan fingerprint density at radius 1 is 1.17 bits per heavy atom. The standard InChI is InChI=1S/C5H5BF5O/c7-5(8)3(6(9,10)11)4(5)1-12-2-4/h3H,1-2H2/q-1. The van der Waals surface area contributed by atoms with Crippen LogP contribution in [-0.4, -0.2) is 26.1 Å². The summed E-state index contributed by atoms with van der Waals surface area (Å²) in [6.45, 7) is -6.33. The number of rotatable bonds is 1. The van der Waals surface area contributed by atoms with Gasteiger partial charge in [0.25, 0.3) is 0 Å². The van der Waals surface area contributed by atoms with Crippen molar-refractivity contribution in [1.82, 2.24) is 0 Å².